The van der Waals surface area contributed by atoms with Crippen molar-refractivity contribution < 1.29 is 4.79 Å². The Hall–Kier alpha value is -1.55. The topological polar surface area (TPSA) is 17.1 Å². The van der Waals surface area contributed by atoms with Crippen molar-refractivity contribution in [2.24, 2.45) is 0 Å². The number of carbonyl (C=O) groups is 1. The zero-order valence-corrected chi connectivity index (χ0v) is 14.9. The lowest BCUT2D eigenvalue weighted by atomic mass is 10.1. The van der Waals surface area contributed by atoms with Crippen LogP contribution in [0.15, 0.2) is 24.3 Å². The van der Waals surface area contributed by atoms with E-state index in [9.17, 15) is 4.79 Å². The first-order valence-corrected chi connectivity index (χ1v) is 8.65. The maximum atomic E-state index is 9.44. The summed E-state index contributed by atoms with van der Waals surface area (Å²) < 4.78 is 0. The van der Waals surface area contributed by atoms with Crippen LogP contribution in [0.5, 0.6) is 0 Å². The van der Waals surface area contributed by atoms with Crippen molar-refractivity contribution in [3.05, 3.63) is 35.4 Å². The average Bonchev–Trinajstić information content (AvgIpc) is 2.50. The molecule has 1 nitrogen and oxygen atoms in total. The number of rotatable bonds is 7. The summed E-state index contributed by atoms with van der Waals surface area (Å²) in [7, 11) is 0. The van der Waals surface area contributed by atoms with Crippen molar-refractivity contribution in [3.8, 4) is 11.8 Å². The molecule has 0 saturated carbocycles. The molecule has 0 saturated heterocycles. The van der Waals surface area contributed by atoms with Crippen molar-refractivity contribution in [2.45, 2.75) is 79.1 Å². The maximum absolute atomic E-state index is 9.44. The van der Waals surface area contributed by atoms with Gasteiger partial charge >= 0.3 is 0 Å². The van der Waals surface area contributed by atoms with E-state index >= 15 is 0 Å². The Bertz CT molecular complexity index is 441. The summed E-state index contributed by atoms with van der Waals surface area (Å²) in [4.78, 5) is 9.44. The number of aryl methyl sites for hydroxylation is 1. The van der Waals surface area contributed by atoms with Gasteiger partial charge in [-0.3, -0.25) is 0 Å². The Labute approximate surface area is 137 Å². The van der Waals surface area contributed by atoms with Gasteiger partial charge in [-0.1, -0.05) is 69.9 Å². The number of ketones is 1. The van der Waals surface area contributed by atoms with Gasteiger partial charge in [0.05, 0.1) is 0 Å². The third-order valence-electron chi connectivity index (χ3n) is 3.25. The molecule has 0 aromatic heterocycles. The molecule has 0 spiro atoms. The molecule has 0 aliphatic heterocycles. The summed E-state index contributed by atoms with van der Waals surface area (Å²) in [6, 6.07) is 8.61. The van der Waals surface area contributed by atoms with Crippen LogP contribution in [0.1, 0.15) is 83.8 Å². The van der Waals surface area contributed by atoms with Gasteiger partial charge in [0, 0.05) is 12.0 Å². The second-order valence-corrected chi connectivity index (χ2v) is 5.78. The second-order valence-electron chi connectivity index (χ2n) is 5.78. The normalized spacial score (nSPS) is 9.27. The van der Waals surface area contributed by atoms with Crippen molar-refractivity contribution in [1.82, 2.24) is 0 Å². The molecule has 1 heteroatoms. The molecule has 0 fully saturated rings. The highest BCUT2D eigenvalue weighted by atomic mass is 16.1. The third-order valence-corrected chi connectivity index (χ3v) is 3.25. The van der Waals surface area contributed by atoms with Crippen molar-refractivity contribution in [3.63, 3.8) is 0 Å². The van der Waals surface area contributed by atoms with Gasteiger partial charge in [-0.25, -0.2) is 0 Å². The molecule has 1 aromatic rings. The van der Waals surface area contributed by atoms with Crippen LogP contribution in [0.25, 0.3) is 0 Å². The Morgan fingerprint density at radius 1 is 0.909 bits per heavy atom. The fourth-order valence-electron chi connectivity index (χ4n) is 1.98. The lowest BCUT2D eigenvalue weighted by molar-refractivity contribution is -0.114. The molecule has 0 atom stereocenters. The van der Waals surface area contributed by atoms with Gasteiger partial charge in [0.2, 0.25) is 0 Å². The van der Waals surface area contributed by atoms with E-state index in [1.807, 2.05) is 0 Å². The summed E-state index contributed by atoms with van der Waals surface area (Å²) in [5.74, 6) is 6.69. The summed E-state index contributed by atoms with van der Waals surface area (Å²) in [6.45, 7) is 7.49. The number of hydrogen-bond acceptors (Lipinski definition) is 1. The van der Waals surface area contributed by atoms with Gasteiger partial charge in [0.1, 0.15) is 5.78 Å². The van der Waals surface area contributed by atoms with E-state index in [-0.39, 0.29) is 5.78 Å². The molecule has 22 heavy (non-hydrogen) atoms. The van der Waals surface area contributed by atoms with E-state index in [1.54, 1.807) is 0 Å². The van der Waals surface area contributed by atoms with Crippen LogP contribution in [-0.4, -0.2) is 5.78 Å². The number of benzene rings is 1. The Morgan fingerprint density at radius 2 is 1.45 bits per heavy atom. The first-order valence-electron chi connectivity index (χ1n) is 8.65. The molecule has 122 valence electrons. The lowest BCUT2D eigenvalue weighted by Gasteiger charge is -1.97. The molecule has 0 unspecified atom stereocenters. The summed E-state index contributed by atoms with van der Waals surface area (Å²) in [6.07, 6.45) is 10.2. The standard InChI is InChI=1S/C18H26.C3H6O/c1-3-5-6-7-8-9-10-11-12-18-15-13-17(4-2)14-16-18;1-3(2)4/h13-16H,3-10H2,1-2H3;1-2H3. The van der Waals surface area contributed by atoms with Crippen molar-refractivity contribution in [2.75, 3.05) is 0 Å². The van der Waals surface area contributed by atoms with Crippen LogP contribution in [0, 0.1) is 11.8 Å². The van der Waals surface area contributed by atoms with Gasteiger partial charge in [-0.05, 0) is 44.4 Å². The lowest BCUT2D eigenvalue weighted by Crippen LogP contribution is -1.80. The molecule has 0 radical (unpaired) electrons. The van der Waals surface area contributed by atoms with E-state index in [0.717, 1.165) is 18.4 Å². The molecule has 0 bridgehead atoms. The Kier molecular flexibility index (Phi) is 13.4. The van der Waals surface area contributed by atoms with Crippen molar-refractivity contribution >= 4 is 5.78 Å². The predicted octanol–water partition coefficient (Wildman–Crippen LogP) is 5.95. The highest BCUT2D eigenvalue weighted by Crippen LogP contribution is 2.07. The summed E-state index contributed by atoms with van der Waals surface area (Å²) in [5.41, 5.74) is 2.54. The first-order chi connectivity index (χ1) is 10.6. The zero-order chi connectivity index (χ0) is 16.6. The van der Waals surface area contributed by atoms with Crippen molar-refractivity contribution in [1.29, 1.82) is 0 Å². The molecular weight excluding hydrogens is 268 g/mol. The Balaban J connectivity index is 0.000000980. The molecule has 0 aliphatic carbocycles. The third kappa shape index (κ3) is 13.4. The van der Waals surface area contributed by atoms with E-state index < -0.39 is 0 Å². The minimum absolute atomic E-state index is 0.167. The SMILES string of the molecule is CC(C)=O.CCCCCCCCC#Cc1ccc(CC)cc1. The van der Waals surface area contributed by atoms with Gasteiger partial charge < -0.3 is 4.79 Å². The maximum Gasteiger partial charge on any atom is 0.126 e. The molecule has 0 N–H and O–H groups in total. The van der Waals surface area contributed by atoms with Crippen LogP contribution >= 0.6 is 0 Å². The van der Waals surface area contributed by atoms with E-state index in [4.69, 9.17) is 0 Å². The molecule has 1 aromatic carbocycles. The van der Waals surface area contributed by atoms with Crippen LogP contribution < -0.4 is 0 Å². The van der Waals surface area contributed by atoms with Gasteiger partial charge in [0.25, 0.3) is 0 Å². The molecule has 0 aliphatic rings. The molecular formula is C21H32O. The van der Waals surface area contributed by atoms with E-state index in [2.05, 4.69) is 50.0 Å². The summed E-state index contributed by atoms with van der Waals surface area (Å²) >= 11 is 0. The van der Waals surface area contributed by atoms with E-state index in [1.165, 1.54) is 57.9 Å². The number of hydrogen-bond donors (Lipinski definition) is 0. The quantitative estimate of drug-likeness (QED) is 0.449. The zero-order valence-electron chi connectivity index (χ0n) is 14.9. The number of unbranched alkanes of at least 4 members (excludes halogenated alkanes) is 6. The van der Waals surface area contributed by atoms with Gasteiger partial charge in [-0.2, -0.15) is 0 Å². The highest BCUT2D eigenvalue weighted by Gasteiger charge is 1.90. The second kappa shape index (κ2) is 14.4. The van der Waals surface area contributed by atoms with Gasteiger partial charge in [0.15, 0.2) is 0 Å². The first kappa shape index (κ1) is 20.5. The fraction of sp³-hybridized carbons (Fsp3) is 0.571. The molecule has 1 rings (SSSR count). The fourth-order valence-corrected chi connectivity index (χ4v) is 1.98. The summed E-state index contributed by atoms with van der Waals surface area (Å²) in [5, 5.41) is 0. The van der Waals surface area contributed by atoms with E-state index in [0.29, 0.717) is 0 Å². The molecule has 0 amide bonds. The predicted molar refractivity (Wildman–Crippen MR) is 97.0 cm³/mol. The highest BCUT2D eigenvalue weighted by molar-refractivity contribution is 5.72. The average molecular weight is 300 g/mol. The van der Waals surface area contributed by atoms with Gasteiger partial charge in [-0.15, -0.1) is 0 Å². The minimum Gasteiger partial charge on any atom is -0.300 e. The monoisotopic (exact) mass is 300 g/mol. The number of carbonyl (C=O) groups excluding carboxylic acids is 1. The number of Topliss-reactive ketones (excluding diaryl/α,β-unsaturated/α-hetero) is 1. The van der Waals surface area contributed by atoms with Crippen LogP contribution in [0.2, 0.25) is 0 Å². The minimum atomic E-state index is 0.167. The van der Waals surface area contributed by atoms with Crippen LogP contribution in [0.4, 0.5) is 0 Å². The largest absolute Gasteiger partial charge is 0.300 e. The molecule has 0 heterocycles. The van der Waals surface area contributed by atoms with Crippen LogP contribution in [0.3, 0.4) is 0 Å². The smallest absolute Gasteiger partial charge is 0.126 e. The van der Waals surface area contributed by atoms with Crippen LogP contribution in [-0.2, 0) is 11.2 Å². The Morgan fingerprint density at radius 3 is 2.00 bits per heavy atom.